The number of rotatable bonds is 3. The molecule has 1 heterocycles. The smallest absolute Gasteiger partial charge is 0.0575 e. The van der Waals surface area contributed by atoms with Crippen LogP contribution in [0.15, 0.2) is 0 Å². The molecule has 0 aromatic heterocycles. The van der Waals surface area contributed by atoms with Gasteiger partial charge in [0, 0.05) is 12.6 Å². The van der Waals surface area contributed by atoms with Crippen molar-refractivity contribution in [3.8, 4) is 0 Å². The van der Waals surface area contributed by atoms with Gasteiger partial charge in [0.1, 0.15) is 0 Å². The van der Waals surface area contributed by atoms with E-state index in [1.54, 1.807) is 7.11 Å². The van der Waals surface area contributed by atoms with E-state index in [4.69, 9.17) is 4.84 Å². The molecule has 1 unspecified atom stereocenters. The Morgan fingerprint density at radius 1 is 1.60 bits per heavy atom. The van der Waals surface area contributed by atoms with E-state index in [9.17, 15) is 0 Å². The molecule has 10 heavy (non-hydrogen) atoms. The van der Waals surface area contributed by atoms with Gasteiger partial charge in [0.05, 0.1) is 7.11 Å². The predicted molar refractivity (Wildman–Crippen MR) is 41.6 cm³/mol. The minimum Gasteiger partial charge on any atom is -0.302 e. The third kappa shape index (κ3) is 1.70. The lowest BCUT2D eigenvalue weighted by Crippen LogP contribution is -2.27. The highest BCUT2D eigenvalue weighted by Crippen LogP contribution is 2.20. The highest BCUT2D eigenvalue weighted by molar-refractivity contribution is 4.72. The lowest BCUT2D eigenvalue weighted by atomic mass is 10.1. The second-order valence-corrected chi connectivity index (χ2v) is 2.91. The van der Waals surface area contributed by atoms with Gasteiger partial charge in [-0.2, -0.15) is 5.06 Å². The molecule has 0 aromatic carbocycles. The van der Waals surface area contributed by atoms with E-state index >= 15 is 0 Å². The fourth-order valence-electron chi connectivity index (χ4n) is 1.67. The minimum atomic E-state index is 0.704. The van der Waals surface area contributed by atoms with E-state index in [-0.39, 0.29) is 0 Å². The van der Waals surface area contributed by atoms with Crippen LogP contribution in [-0.2, 0) is 4.84 Å². The number of hydrogen-bond acceptors (Lipinski definition) is 2. The van der Waals surface area contributed by atoms with Crippen LogP contribution < -0.4 is 0 Å². The second-order valence-electron chi connectivity index (χ2n) is 2.91. The van der Waals surface area contributed by atoms with Gasteiger partial charge in [-0.1, -0.05) is 13.3 Å². The third-order valence-electron chi connectivity index (χ3n) is 2.18. The number of nitrogens with zero attached hydrogens (tertiary/aromatic N) is 1. The first-order valence-corrected chi connectivity index (χ1v) is 4.19. The van der Waals surface area contributed by atoms with Crippen molar-refractivity contribution in [3.05, 3.63) is 0 Å². The van der Waals surface area contributed by atoms with Gasteiger partial charge in [0.2, 0.25) is 0 Å². The standard InChI is InChI=1S/C8H17NO/c1-3-5-8-6-4-7-9(8)10-2/h8H,3-7H2,1-2H3. The summed E-state index contributed by atoms with van der Waals surface area (Å²) in [4.78, 5) is 5.21. The summed E-state index contributed by atoms with van der Waals surface area (Å²) in [5, 5.41) is 2.11. The summed E-state index contributed by atoms with van der Waals surface area (Å²) in [5.41, 5.74) is 0. The van der Waals surface area contributed by atoms with Gasteiger partial charge < -0.3 is 4.84 Å². The van der Waals surface area contributed by atoms with Gasteiger partial charge in [0.15, 0.2) is 0 Å². The summed E-state index contributed by atoms with van der Waals surface area (Å²) in [6.07, 6.45) is 5.18. The molecule has 1 rings (SSSR count). The van der Waals surface area contributed by atoms with E-state index in [0.717, 1.165) is 6.54 Å². The predicted octanol–water partition coefficient (Wildman–Crippen LogP) is 1.81. The molecular formula is C8H17NO. The molecule has 0 aromatic rings. The van der Waals surface area contributed by atoms with Crippen LogP contribution in [0.3, 0.4) is 0 Å². The molecule has 0 N–H and O–H groups in total. The molecule has 1 fully saturated rings. The lowest BCUT2D eigenvalue weighted by Gasteiger charge is -2.20. The molecule has 2 nitrogen and oxygen atoms in total. The highest BCUT2D eigenvalue weighted by atomic mass is 16.7. The van der Waals surface area contributed by atoms with Crippen LogP contribution in [0.2, 0.25) is 0 Å². The highest BCUT2D eigenvalue weighted by Gasteiger charge is 2.22. The zero-order valence-electron chi connectivity index (χ0n) is 6.97. The van der Waals surface area contributed by atoms with E-state index in [1.807, 2.05) is 0 Å². The Morgan fingerprint density at radius 3 is 3.00 bits per heavy atom. The van der Waals surface area contributed by atoms with Crippen molar-refractivity contribution in [2.45, 2.75) is 38.6 Å². The minimum absolute atomic E-state index is 0.704. The molecule has 0 radical (unpaired) electrons. The average molecular weight is 143 g/mol. The summed E-state index contributed by atoms with van der Waals surface area (Å²) in [7, 11) is 1.77. The van der Waals surface area contributed by atoms with Crippen molar-refractivity contribution in [1.29, 1.82) is 0 Å². The Kier molecular flexibility index (Phi) is 3.16. The van der Waals surface area contributed by atoms with Crippen molar-refractivity contribution < 1.29 is 4.84 Å². The largest absolute Gasteiger partial charge is 0.302 e. The van der Waals surface area contributed by atoms with Crippen LogP contribution in [0.5, 0.6) is 0 Å². The van der Waals surface area contributed by atoms with Crippen LogP contribution in [0.25, 0.3) is 0 Å². The normalized spacial score (nSPS) is 27.6. The summed E-state index contributed by atoms with van der Waals surface area (Å²) in [6.45, 7) is 3.35. The molecule has 1 aliphatic heterocycles. The molecule has 0 bridgehead atoms. The molecule has 60 valence electrons. The molecule has 1 aliphatic rings. The zero-order valence-corrected chi connectivity index (χ0v) is 6.97. The van der Waals surface area contributed by atoms with Gasteiger partial charge in [-0.25, -0.2) is 0 Å². The summed E-state index contributed by atoms with van der Waals surface area (Å²) in [5.74, 6) is 0. The molecule has 1 saturated heterocycles. The molecular weight excluding hydrogens is 126 g/mol. The summed E-state index contributed by atoms with van der Waals surface area (Å²) in [6, 6.07) is 0.704. The van der Waals surface area contributed by atoms with Crippen molar-refractivity contribution >= 4 is 0 Å². The van der Waals surface area contributed by atoms with Crippen LogP contribution in [0, 0.1) is 0 Å². The maximum absolute atomic E-state index is 5.21. The van der Waals surface area contributed by atoms with Crippen molar-refractivity contribution in [3.63, 3.8) is 0 Å². The van der Waals surface area contributed by atoms with Crippen LogP contribution in [-0.4, -0.2) is 24.8 Å². The Morgan fingerprint density at radius 2 is 2.40 bits per heavy atom. The Hall–Kier alpha value is -0.0800. The van der Waals surface area contributed by atoms with E-state index in [2.05, 4.69) is 12.0 Å². The van der Waals surface area contributed by atoms with Crippen LogP contribution >= 0.6 is 0 Å². The van der Waals surface area contributed by atoms with E-state index in [0.29, 0.717) is 6.04 Å². The number of hydroxylamine groups is 2. The fourth-order valence-corrected chi connectivity index (χ4v) is 1.67. The van der Waals surface area contributed by atoms with Crippen molar-refractivity contribution in [1.82, 2.24) is 5.06 Å². The first kappa shape index (κ1) is 8.02. The lowest BCUT2D eigenvalue weighted by molar-refractivity contribution is -0.142. The van der Waals surface area contributed by atoms with E-state index < -0.39 is 0 Å². The van der Waals surface area contributed by atoms with E-state index in [1.165, 1.54) is 25.7 Å². The number of hydrogen-bond donors (Lipinski definition) is 0. The molecule has 2 heteroatoms. The van der Waals surface area contributed by atoms with Crippen molar-refractivity contribution in [2.24, 2.45) is 0 Å². The third-order valence-corrected chi connectivity index (χ3v) is 2.18. The zero-order chi connectivity index (χ0) is 7.40. The van der Waals surface area contributed by atoms with Gasteiger partial charge in [-0.3, -0.25) is 0 Å². The fraction of sp³-hybridized carbons (Fsp3) is 1.00. The Bertz CT molecular complexity index is 95.3. The molecule has 1 atom stereocenters. The average Bonchev–Trinajstić information content (AvgIpc) is 2.36. The maximum Gasteiger partial charge on any atom is 0.0575 e. The molecule has 0 aliphatic carbocycles. The Balaban J connectivity index is 2.27. The van der Waals surface area contributed by atoms with Gasteiger partial charge in [0.25, 0.3) is 0 Å². The monoisotopic (exact) mass is 143 g/mol. The Labute approximate surface area is 63.1 Å². The van der Waals surface area contributed by atoms with Gasteiger partial charge in [-0.05, 0) is 19.3 Å². The SMILES string of the molecule is CCCC1CCCN1OC. The molecule has 0 amide bonds. The maximum atomic E-state index is 5.21. The second kappa shape index (κ2) is 3.94. The summed E-state index contributed by atoms with van der Waals surface area (Å²) < 4.78 is 0. The van der Waals surface area contributed by atoms with Crippen LogP contribution in [0.1, 0.15) is 32.6 Å². The summed E-state index contributed by atoms with van der Waals surface area (Å²) >= 11 is 0. The van der Waals surface area contributed by atoms with Gasteiger partial charge in [-0.15, -0.1) is 0 Å². The quantitative estimate of drug-likeness (QED) is 0.597. The molecule has 0 spiro atoms. The first-order chi connectivity index (χ1) is 4.88. The van der Waals surface area contributed by atoms with Gasteiger partial charge >= 0.3 is 0 Å². The van der Waals surface area contributed by atoms with Crippen LogP contribution in [0.4, 0.5) is 0 Å². The van der Waals surface area contributed by atoms with Crippen molar-refractivity contribution in [2.75, 3.05) is 13.7 Å². The first-order valence-electron chi connectivity index (χ1n) is 4.19. The topological polar surface area (TPSA) is 12.5 Å². The molecule has 0 saturated carbocycles.